The number of likely N-dealkylation sites (tertiary alicyclic amines) is 2. The highest BCUT2D eigenvalue weighted by Crippen LogP contribution is 2.46. The van der Waals surface area contributed by atoms with Gasteiger partial charge in [0.2, 0.25) is 5.91 Å². The summed E-state index contributed by atoms with van der Waals surface area (Å²) in [5.41, 5.74) is 1.55. The number of amides is 1. The van der Waals surface area contributed by atoms with E-state index in [1.807, 2.05) is 11.3 Å². The molecular weight excluding hydrogens is 316 g/mol. The van der Waals surface area contributed by atoms with Gasteiger partial charge in [0.15, 0.2) is 0 Å². The third-order valence-electron chi connectivity index (χ3n) is 5.83. The van der Waals surface area contributed by atoms with Crippen LogP contribution in [0.25, 0.3) is 0 Å². The minimum Gasteiger partial charge on any atom is -0.338 e. The van der Waals surface area contributed by atoms with Crippen LogP contribution >= 0.6 is 11.3 Å². The molecule has 24 heavy (non-hydrogen) atoms. The number of piperidine rings is 1. The van der Waals surface area contributed by atoms with Crippen LogP contribution in [0.3, 0.4) is 0 Å². The smallest absolute Gasteiger partial charge is 0.219 e. The summed E-state index contributed by atoms with van der Waals surface area (Å²) in [7, 11) is 0. The molecule has 2 aromatic rings. The average Bonchev–Trinajstić information content (AvgIpc) is 3.23. The molecule has 2 fully saturated rings. The highest BCUT2D eigenvalue weighted by atomic mass is 32.1. The van der Waals surface area contributed by atoms with Crippen LogP contribution in [0, 0.1) is 0 Å². The SMILES string of the molecule is CC(=O)N1CC[C@@]2(c3ccccc3)CCN(Cc3cccs3)C[C@@H]12. The third-order valence-corrected chi connectivity index (χ3v) is 6.69. The van der Waals surface area contributed by atoms with Crippen molar-refractivity contribution in [1.82, 2.24) is 9.80 Å². The van der Waals surface area contributed by atoms with Gasteiger partial charge in [-0.1, -0.05) is 36.4 Å². The Hall–Kier alpha value is -1.65. The summed E-state index contributed by atoms with van der Waals surface area (Å²) in [4.78, 5) is 18.3. The zero-order valence-electron chi connectivity index (χ0n) is 14.1. The second kappa shape index (κ2) is 6.34. The van der Waals surface area contributed by atoms with Gasteiger partial charge in [-0.05, 0) is 36.4 Å². The molecule has 3 nitrogen and oxygen atoms in total. The van der Waals surface area contributed by atoms with Crippen LogP contribution in [0.4, 0.5) is 0 Å². The van der Waals surface area contributed by atoms with Crippen molar-refractivity contribution in [3.8, 4) is 0 Å². The highest BCUT2D eigenvalue weighted by molar-refractivity contribution is 7.09. The summed E-state index contributed by atoms with van der Waals surface area (Å²) in [5, 5.41) is 2.14. The average molecular weight is 340 g/mol. The number of hydrogen-bond donors (Lipinski definition) is 0. The Balaban J connectivity index is 1.62. The van der Waals surface area contributed by atoms with E-state index in [0.717, 1.165) is 39.0 Å². The van der Waals surface area contributed by atoms with Gasteiger partial charge in [-0.2, -0.15) is 0 Å². The second-order valence-corrected chi connectivity index (χ2v) is 8.10. The standard InChI is InChI=1S/C20H24N2OS/c1-16(23)22-12-10-20(17-6-3-2-4-7-17)9-11-21(15-19(20)22)14-18-8-5-13-24-18/h2-8,13,19H,9-12,14-15H2,1H3/t19-,20-/m1/s1. The molecule has 126 valence electrons. The van der Waals surface area contributed by atoms with E-state index in [-0.39, 0.29) is 11.3 Å². The molecule has 2 atom stereocenters. The summed E-state index contributed by atoms with van der Waals surface area (Å²) >= 11 is 1.82. The zero-order chi connectivity index (χ0) is 16.6. The Morgan fingerprint density at radius 1 is 1.17 bits per heavy atom. The van der Waals surface area contributed by atoms with Gasteiger partial charge in [0.05, 0.1) is 6.04 Å². The molecule has 0 aliphatic carbocycles. The Labute approximate surface area is 147 Å². The van der Waals surface area contributed by atoms with E-state index in [0.29, 0.717) is 6.04 Å². The number of benzene rings is 1. The molecule has 2 aliphatic rings. The molecule has 0 unspecified atom stereocenters. The maximum Gasteiger partial charge on any atom is 0.219 e. The van der Waals surface area contributed by atoms with Crippen LogP contribution in [-0.2, 0) is 16.8 Å². The molecule has 2 saturated heterocycles. The first-order valence-electron chi connectivity index (χ1n) is 8.76. The van der Waals surface area contributed by atoms with E-state index in [4.69, 9.17) is 0 Å². The summed E-state index contributed by atoms with van der Waals surface area (Å²) in [6.45, 7) is 5.70. The zero-order valence-corrected chi connectivity index (χ0v) is 15.0. The van der Waals surface area contributed by atoms with E-state index in [1.165, 1.54) is 10.4 Å². The first-order valence-corrected chi connectivity index (χ1v) is 9.64. The maximum absolute atomic E-state index is 12.2. The van der Waals surface area contributed by atoms with Crippen molar-refractivity contribution in [2.24, 2.45) is 0 Å². The molecule has 0 radical (unpaired) electrons. The predicted octanol–water partition coefficient (Wildman–Crippen LogP) is 3.51. The van der Waals surface area contributed by atoms with Crippen LogP contribution in [0.5, 0.6) is 0 Å². The first kappa shape index (κ1) is 15.9. The van der Waals surface area contributed by atoms with Crippen molar-refractivity contribution < 1.29 is 4.79 Å². The fourth-order valence-corrected chi connectivity index (χ4v) is 5.34. The van der Waals surface area contributed by atoms with Gasteiger partial charge in [0.25, 0.3) is 0 Å². The molecule has 4 rings (SSSR count). The normalized spacial score (nSPS) is 27.2. The molecule has 2 aliphatic heterocycles. The minimum absolute atomic E-state index is 0.138. The van der Waals surface area contributed by atoms with Crippen LogP contribution in [-0.4, -0.2) is 41.4 Å². The fraction of sp³-hybridized carbons (Fsp3) is 0.450. The van der Waals surface area contributed by atoms with Crippen molar-refractivity contribution in [2.45, 2.75) is 37.8 Å². The van der Waals surface area contributed by atoms with E-state index >= 15 is 0 Å². The molecule has 0 saturated carbocycles. The number of nitrogens with zero attached hydrogens (tertiary/aromatic N) is 2. The van der Waals surface area contributed by atoms with Gasteiger partial charge in [-0.15, -0.1) is 11.3 Å². The van der Waals surface area contributed by atoms with Gasteiger partial charge >= 0.3 is 0 Å². The molecule has 0 spiro atoms. The molecule has 1 aromatic heterocycles. The lowest BCUT2D eigenvalue weighted by Gasteiger charge is -2.46. The van der Waals surface area contributed by atoms with E-state index in [2.05, 4.69) is 57.6 Å². The third kappa shape index (κ3) is 2.68. The van der Waals surface area contributed by atoms with Crippen LogP contribution in [0.1, 0.15) is 30.2 Å². The number of thiophene rings is 1. The summed E-state index contributed by atoms with van der Waals surface area (Å²) in [6, 6.07) is 15.5. The van der Waals surface area contributed by atoms with Crippen LogP contribution in [0.15, 0.2) is 47.8 Å². The summed E-state index contributed by atoms with van der Waals surface area (Å²) in [5.74, 6) is 0.218. The Morgan fingerprint density at radius 2 is 1.96 bits per heavy atom. The van der Waals surface area contributed by atoms with Crippen molar-refractivity contribution in [2.75, 3.05) is 19.6 Å². The lowest BCUT2D eigenvalue weighted by molar-refractivity contribution is -0.131. The van der Waals surface area contributed by atoms with Crippen molar-refractivity contribution >= 4 is 17.2 Å². The van der Waals surface area contributed by atoms with Gasteiger partial charge in [0, 0.05) is 36.9 Å². The van der Waals surface area contributed by atoms with E-state index in [9.17, 15) is 4.79 Å². The Morgan fingerprint density at radius 3 is 2.67 bits per heavy atom. The summed E-state index contributed by atoms with van der Waals surface area (Å²) in [6.07, 6.45) is 2.23. The minimum atomic E-state index is 0.138. The number of fused-ring (bicyclic) bond motifs is 1. The number of rotatable bonds is 3. The van der Waals surface area contributed by atoms with Crippen LogP contribution < -0.4 is 0 Å². The molecule has 3 heterocycles. The Kier molecular flexibility index (Phi) is 4.19. The number of hydrogen-bond acceptors (Lipinski definition) is 3. The molecular formula is C20H24N2OS. The van der Waals surface area contributed by atoms with E-state index in [1.54, 1.807) is 6.92 Å². The van der Waals surface area contributed by atoms with E-state index < -0.39 is 0 Å². The van der Waals surface area contributed by atoms with Gasteiger partial charge in [0.1, 0.15) is 0 Å². The molecule has 1 amide bonds. The largest absolute Gasteiger partial charge is 0.338 e. The fourth-order valence-electron chi connectivity index (χ4n) is 4.59. The molecule has 0 N–H and O–H groups in total. The molecule has 0 bridgehead atoms. The van der Waals surface area contributed by atoms with Crippen molar-refractivity contribution in [3.63, 3.8) is 0 Å². The Bertz CT molecular complexity index is 700. The molecule has 1 aromatic carbocycles. The lowest BCUT2D eigenvalue weighted by atomic mass is 9.69. The van der Waals surface area contributed by atoms with Gasteiger partial charge in [-0.25, -0.2) is 0 Å². The van der Waals surface area contributed by atoms with Gasteiger partial charge < -0.3 is 4.90 Å². The van der Waals surface area contributed by atoms with Crippen molar-refractivity contribution in [1.29, 1.82) is 0 Å². The monoisotopic (exact) mass is 340 g/mol. The lowest BCUT2D eigenvalue weighted by Crippen LogP contribution is -2.56. The number of carbonyl (C=O) groups is 1. The van der Waals surface area contributed by atoms with Crippen LogP contribution in [0.2, 0.25) is 0 Å². The molecule has 4 heteroatoms. The quantitative estimate of drug-likeness (QED) is 0.854. The topological polar surface area (TPSA) is 23.6 Å². The van der Waals surface area contributed by atoms with Gasteiger partial charge in [-0.3, -0.25) is 9.69 Å². The predicted molar refractivity (Wildman–Crippen MR) is 98.1 cm³/mol. The first-order chi connectivity index (χ1) is 11.7. The maximum atomic E-state index is 12.2. The summed E-state index contributed by atoms with van der Waals surface area (Å²) < 4.78 is 0. The second-order valence-electron chi connectivity index (χ2n) is 7.06. The highest BCUT2D eigenvalue weighted by Gasteiger charge is 2.51. The van der Waals surface area contributed by atoms with Crippen molar-refractivity contribution in [3.05, 3.63) is 58.3 Å². The number of carbonyl (C=O) groups excluding carboxylic acids is 1.